The molecular weight excluding hydrogens is 237 g/mol. The zero-order valence-electron chi connectivity index (χ0n) is 9.22. The van der Waals surface area contributed by atoms with Gasteiger partial charge in [0.2, 0.25) is 0 Å². The number of rotatable bonds is 3. The average Bonchev–Trinajstić information content (AvgIpc) is 2.77. The minimum absolute atomic E-state index is 0.243. The van der Waals surface area contributed by atoms with Gasteiger partial charge >= 0.3 is 0 Å². The maximum Gasteiger partial charge on any atom is 0.186 e. The number of hydrogen-bond acceptors (Lipinski definition) is 4. The monoisotopic (exact) mass is 247 g/mol. The number of benzene rings is 1. The van der Waals surface area contributed by atoms with Gasteiger partial charge in [-0.25, -0.2) is 9.37 Å². The zero-order valence-corrected chi connectivity index (χ0v) is 10.0. The quantitative estimate of drug-likeness (QED) is 0.837. The van der Waals surface area contributed by atoms with Crippen molar-refractivity contribution in [3.8, 4) is 6.07 Å². The summed E-state index contributed by atoms with van der Waals surface area (Å²) in [5.74, 6) is -0.243. The van der Waals surface area contributed by atoms with Crippen LogP contribution in [0.4, 0.5) is 9.52 Å². The lowest BCUT2D eigenvalue weighted by Crippen LogP contribution is -2.15. The van der Waals surface area contributed by atoms with Crippen molar-refractivity contribution < 1.29 is 4.39 Å². The van der Waals surface area contributed by atoms with Crippen LogP contribution >= 0.6 is 11.3 Å². The van der Waals surface area contributed by atoms with E-state index >= 15 is 0 Å². The SMILES string of the molecule is CN(Cc1cccc(F)c1)c1ncc(C#N)s1. The molecule has 0 aliphatic rings. The number of aromatic nitrogens is 1. The molecule has 0 radical (unpaired) electrons. The topological polar surface area (TPSA) is 39.9 Å². The molecule has 0 spiro atoms. The second-order valence-corrected chi connectivity index (χ2v) is 4.61. The van der Waals surface area contributed by atoms with Crippen LogP contribution in [0.1, 0.15) is 10.4 Å². The number of nitrogens with zero attached hydrogens (tertiary/aromatic N) is 3. The number of nitriles is 1. The molecule has 2 rings (SSSR count). The first-order chi connectivity index (χ1) is 8.19. The van der Waals surface area contributed by atoms with Gasteiger partial charge in [-0.2, -0.15) is 5.26 Å². The Kier molecular flexibility index (Phi) is 3.35. The highest BCUT2D eigenvalue weighted by atomic mass is 32.1. The lowest BCUT2D eigenvalue weighted by atomic mass is 10.2. The molecule has 5 heteroatoms. The molecule has 0 saturated heterocycles. The molecule has 0 bridgehead atoms. The van der Waals surface area contributed by atoms with E-state index < -0.39 is 0 Å². The Morgan fingerprint density at radius 1 is 1.53 bits per heavy atom. The fourth-order valence-electron chi connectivity index (χ4n) is 1.47. The largest absolute Gasteiger partial charge is 0.347 e. The Bertz CT molecular complexity index is 559. The van der Waals surface area contributed by atoms with E-state index in [0.717, 1.165) is 10.7 Å². The number of hydrogen-bond donors (Lipinski definition) is 0. The fraction of sp³-hybridized carbons (Fsp3) is 0.167. The van der Waals surface area contributed by atoms with Crippen molar-refractivity contribution >= 4 is 16.5 Å². The van der Waals surface area contributed by atoms with Gasteiger partial charge < -0.3 is 4.90 Å². The third-order valence-electron chi connectivity index (χ3n) is 2.24. The normalized spacial score (nSPS) is 9.94. The first-order valence-corrected chi connectivity index (χ1v) is 5.82. The van der Waals surface area contributed by atoms with Gasteiger partial charge in [-0.05, 0) is 17.7 Å². The third-order valence-corrected chi connectivity index (χ3v) is 3.26. The second-order valence-electron chi connectivity index (χ2n) is 3.60. The summed E-state index contributed by atoms with van der Waals surface area (Å²) in [6, 6.07) is 8.50. The number of anilines is 1. The standard InChI is InChI=1S/C12H10FN3S/c1-16(12-15-7-11(6-14)17-12)8-9-3-2-4-10(13)5-9/h2-5,7H,8H2,1H3. The van der Waals surface area contributed by atoms with Gasteiger partial charge in [-0.3, -0.25) is 0 Å². The summed E-state index contributed by atoms with van der Waals surface area (Å²) in [6.07, 6.45) is 1.54. The number of halogens is 1. The second kappa shape index (κ2) is 4.93. The highest BCUT2D eigenvalue weighted by molar-refractivity contribution is 7.16. The molecule has 0 N–H and O–H groups in total. The molecule has 1 aromatic heterocycles. The summed E-state index contributed by atoms with van der Waals surface area (Å²) in [7, 11) is 1.87. The van der Waals surface area contributed by atoms with E-state index in [1.807, 2.05) is 24.1 Å². The smallest absolute Gasteiger partial charge is 0.186 e. The van der Waals surface area contributed by atoms with Crippen molar-refractivity contribution in [1.82, 2.24) is 4.98 Å². The van der Waals surface area contributed by atoms with Gasteiger partial charge in [0.25, 0.3) is 0 Å². The molecule has 86 valence electrons. The average molecular weight is 247 g/mol. The lowest BCUT2D eigenvalue weighted by Gasteiger charge is -2.15. The third kappa shape index (κ3) is 2.80. The molecular formula is C12H10FN3S. The van der Waals surface area contributed by atoms with E-state index in [0.29, 0.717) is 11.4 Å². The molecule has 0 unspecified atom stereocenters. The number of thiazole rings is 1. The molecule has 17 heavy (non-hydrogen) atoms. The van der Waals surface area contributed by atoms with Crippen molar-refractivity contribution in [2.24, 2.45) is 0 Å². The highest BCUT2D eigenvalue weighted by Crippen LogP contribution is 2.22. The molecule has 1 heterocycles. The molecule has 3 nitrogen and oxygen atoms in total. The minimum Gasteiger partial charge on any atom is -0.347 e. The summed E-state index contributed by atoms with van der Waals surface area (Å²) >= 11 is 1.32. The molecule has 0 aliphatic heterocycles. The van der Waals surface area contributed by atoms with Gasteiger partial charge in [0.1, 0.15) is 16.8 Å². The maximum atomic E-state index is 13.0. The van der Waals surface area contributed by atoms with Crippen LogP contribution in [0.3, 0.4) is 0 Å². The Morgan fingerprint density at radius 2 is 2.35 bits per heavy atom. The Morgan fingerprint density at radius 3 is 3.00 bits per heavy atom. The van der Waals surface area contributed by atoms with Crippen LogP contribution in [-0.4, -0.2) is 12.0 Å². The summed E-state index contributed by atoms with van der Waals surface area (Å²) in [5.41, 5.74) is 0.876. The van der Waals surface area contributed by atoms with Gasteiger partial charge in [-0.15, -0.1) is 0 Å². The van der Waals surface area contributed by atoms with Crippen LogP contribution in [0.15, 0.2) is 30.5 Å². The van der Waals surface area contributed by atoms with E-state index in [9.17, 15) is 4.39 Å². The molecule has 0 fully saturated rings. The first-order valence-electron chi connectivity index (χ1n) is 5.00. The Labute approximate surface area is 103 Å². The summed E-state index contributed by atoms with van der Waals surface area (Å²) < 4.78 is 13.0. The predicted molar refractivity (Wildman–Crippen MR) is 65.3 cm³/mol. The molecule has 0 aliphatic carbocycles. The van der Waals surface area contributed by atoms with Gasteiger partial charge in [0.15, 0.2) is 5.13 Å². The lowest BCUT2D eigenvalue weighted by molar-refractivity contribution is 0.625. The molecule has 2 aromatic rings. The van der Waals surface area contributed by atoms with Crippen LogP contribution in [0, 0.1) is 17.1 Å². The van der Waals surface area contributed by atoms with Crippen molar-refractivity contribution in [3.05, 3.63) is 46.7 Å². The van der Waals surface area contributed by atoms with Crippen molar-refractivity contribution in [1.29, 1.82) is 5.26 Å². The Hall–Kier alpha value is -1.93. The zero-order chi connectivity index (χ0) is 12.3. The highest BCUT2D eigenvalue weighted by Gasteiger charge is 2.07. The van der Waals surface area contributed by atoms with E-state index in [4.69, 9.17) is 5.26 Å². The molecule has 0 saturated carbocycles. The Balaban J connectivity index is 2.11. The van der Waals surface area contributed by atoms with Crippen LogP contribution in [0.5, 0.6) is 0 Å². The first kappa shape index (κ1) is 11.6. The van der Waals surface area contributed by atoms with E-state index in [2.05, 4.69) is 4.98 Å². The van der Waals surface area contributed by atoms with Crippen LogP contribution in [0.2, 0.25) is 0 Å². The summed E-state index contributed by atoms with van der Waals surface area (Å²) in [4.78, 5) is 6.60. The van der Waals surface area contributed by atoms with Crippen LogP contribution in [0.25, 0.3) is 0 Å². The predicted octanol–water partition coefficient (Wildman–Crippen LogP) is 2.79. The molecule has 0 amide bonds. The molecule has 0 atom stereocenters. The molecule has 1 aromatic carbocycles. The minimum atomic E-state index is -0.243. The van der Waals surface area contributed by atoms with Crippen LogP contribution < -0.4 is 4.90 Å². The van der Waals surface area contributed by atoms with Crippen molar-refractivity contribution in [3.63, 3.8) is 0 Å². The van der Waals surface area contributed by atoms with Gasteiger partial charge in [0, 0.05) is 13.6 Å². The van der Waals surface area contributed by atoms with Gasteiger partial charge in [-0.1, -0.05) is 23.5 Å². The van der Waals surface area contributed by atoms with E-state index in [1.54, 1.807) is 12.3 Å². The van der Waals surface area contributed by atoms with E-state index in [-0.39, 0.29) is 5.82 Å². The van der Waals surface area contributed by atoms with Gasteiger partial charge in [0.05, 0.1) is 6.20 Å². The summed E-state index contributed by atoms with van der Waals surface area (Å²) in [6.45, 7) is 0.566. The van der Waals surface area contributed by atoms with Crippen molar-refractivity contribution in [2.75, 3.05) is 11.9 Å². The van der Waals surface area contributed by atoms with Crippen molar-refractivity contribution in [2.45, 2.75) is 6.54 Å². The summed E-state index contributed by atoms with van der Waals surface area (Å²) in [5, 5.41) is 9.47. The van der Waals surface area contributed by atoms with E-state index in [1.165, 1.54) is 23.5 Å². The fourth-order valence-corrected chi connectivity index (χ4v) is 2.14. The van der Waals surface area contributed by atoms with Crippen LogP contribution in [-0.2, 0) is 6.54 Å². The maximum absolute atomic E-state index is 13.0.